The van der Waals surface area contributed by atoms with E-state index in [4.69, 9.17) is 0 Å². The zero-order chi connectivity index (χ0) is 13.3. The zero-order valence-electron chi connectivity index (χ0n) is 11.7. The number of piperidine rings is 1. The molecule has 4 nitrogen and oxygen atoms in total. The van der Waals surface area contributed by atoms with Gasteiger partial charge in [-0.2, -0.15) is 0 Å². The molecule has 0 bridgehead atoms. The number of nitrogens with one attached hydrogen (secondary N) is 1. The molecule has 1 saturated heterocycles. The van der Waals surface area contributed by atoms with Crippen molar-refractivity contribution in [3.8, 4) is 0 Å². The zero-order valence-corrected chi connectivity index (χ0v) is 12.5. The Kier molecular flexibility index (Phi) is 7.86. The van der Waals surface area contributed by atoms with Crippen molar-refractivity contribution in [1.29, 1.82) is 0 Å². The fourth-order valence-electron chi connectivity index (χ4n) is 2.28. The summed E-state index contributed by atoms with van der Waals surface area (Å²) in [6.45, 7) is 6.18. The highest BCUT2D eigenvalue weighted by Crippen LogP contribution is 2.09. The summed E-state index contributed by atoms with van der Waals surface area (Å²) in [7, 11) is -3.01. The third-order valence-corrected chi connectivity index (χ3v) is 4.91. The summed E-state index contributed by atoms with van der Waals surface area (Å²) in [5, 5.41) is 0. The molecule has 0 spiro atoms. The molecule has 0 amide bonds. The lowest BCUT2D eigenvalue weighted by Gasteiger charge is -2.26. The Morgan fingerprint density at radius 3 is 2.44 bits per heavy atom. The fourth-order valence-corrected chi connectivity index (χ4v) is 3.55. The molecule has 108 valence electrons. The first-order chi connectivity index (χ1) is 8.64. The molecule has 1 N–H and O–H groups in total. The molecule has 0 atom stereocenters. The summed E-state index contributed by atoms with van der Waals surface area (Å²) in [6, 6.07) is 0. The second kappa shape index (κ2) is 8.88. The first-order valence-corrected chi connectivity index (χ1v) is 8.99. The SMILES string of the molecule is CCCCS(=O)(=O)NCCCCN1CCCCC1. The molecule has 0 aromatic rings. The van der Waals surface area contributed by atoms with E-state index >= 15 is 0 Å². The van der Waals surface area contributed by atoms with Gasteiger partial charge in [0.25, 0.3) is 0 Å². The Labute approximate surface area is 112 Å². The van der Waals surface area contributed by atoms with Gasteiger partial charge in [0.15, 0.2) is 0 Å². The predicted octanol–water partition coefficient (Wildman–Crippen LogP) is 1.97. The van der Waals surface area contributed by atoms with Crippen LogP contribution in [-0.4, -0.2) is 45.2 Å². The smallest absolute Gasteiger partial charge is 0.211 e. The lowest BCUT2D eigenvalue weighted by Crippen LogP contribution is -2.31. The maximum atomic E-state index is 11.5. The van der Waals surface area contributed by atoms with E-state index in [1.807, 2.05) is 6.92 Å². The molecule has 1 aliphatic rings. The fraction of sp³-hybridized carbons (Fsp3) is 1.00. The summed E-state index contributed by atoms with van der Waals surface area (Å²) in [6.07, 6.45) is 7.73. The van der Waals surface area contributed by atoms with Crippen LogP contribution in [0.15, 0.2) is 0 Å². The Bertz CT molecular complexity index is 298. The van der Waals surface area contributed by atoms with E-state index in [0.717, 1.165) is 32.2 Å². The van der Waals surface area contributed by atoms with Crippen molar-refractivity contribution in [2.45, 2.75) is 51.9 Å². The second-order valence-electron chi connectivity index (χ2n) is 5.18. The lowest BCUT2D eigenvalue weighted by molar-refractivity contribution is 0.225. The van der Waals surface area contributed by atoms with Crippen molar-refractivity contribution in [2.24, 2.45) is 0 Å². The average Bonchev–Trinajstić information content (AvgIpc) is 2.37. The second-order valence-corrected chi connectivity index (χ2v) is 7.10. The highest BCUT2D eigenvalue weighted by Gasteiger charge is 2.10. The summed E-state index contributed by atoms with van der Waals surface area (Å²) in [5.41, 5.74) is 0. The van der Waals surface area contributed by atoms with Gasteiger partial charge in [0.2, 0.25) is 10.0 Å². The molecular weight excluding hydrogens is 248 g/mol. The molecule has 18 heavy (non-hydrogen) atoms. The number of likely N-dealkylation sites (tertiary alicyclic amines) is 1. The summed E-state index contributed by atoms with van der Waals surface area (Å²) < 4.78 is 25.8. The molecule has 0 radical (unpaired) electrons. The average molecular weight is 276 g/mol. The van der Waals surface area contributed by atoms with Crippen LogP contribution in [0.2, 0.25) is 0 Å². The van der Waals surface area contributed by atoms with Crippen LogP contribution in [0.3, 0.4) is 0 Å². The van der Waals surface area contributed by atoms with Gasteiger partial charge in [-0.25, -0.2) is 13.1 Å². The minimum absolute atomic E-state index is 0.273. The maximum Gasteiger partial charge on any atom is 0.211 e. The van der Waals surface area contributed by atoms with Crippen LogP contribution in [0.1, 0.15) is 51.9 Å². The van der Waals surface area contributed by atoms with Crippen LogP contribution in [0.25, 0.3) is 0 Å². The number of unbranched alkanes of at least 4 members (excludes halogenated alkanes) is 2. The predicted molar refractivity (Wildman–Crippen MR) is 76.2 cm³/mol. The Morgan fingerprint density at radius 2 is 1.78 bits per heavy atom. The van der Waals surface area contributed by atoms with Crippen molar-refractivity contribution < 1.29 is 8.42 Å². The van der Waals surface area contributed by atoms with E-state index in [1.54, 1.807) is 0 Å². The maximum absolute atomic E-state index is 11.5. The van der Waals surface area contributed by atoms with Gasteiger partial charge >= 0.3 is 0 Å². The van der Waals surface area contributed by atoms with E-state index in [-0.39, 0.29) is 5.75 Å². The van der Waals surface area contributed by atoms with Crippen LogP contribution in [0, 0.1) is 0 Å². The van der Waals surface area contributed by atoms with E-state index in [1.165, 1.54) is 32.4 Å². The molecule has 0 aromatic carbocycles. The molecule has 0 saturated carbocycles. The Balaban J connectivity index is 2.00. The van der Waals surface area contributed by atoms with Gasteiger partial charge in [-0.1, -0.05) is 19.8 Å². The summed E-state index contributed by atoms with van der Waals surface area (Å²) >= 11 is 0. The standard InChI is InChI=1S/C13H28N2O2S/c1-2-3-13-18(16,17)14-9-5-8-12-15-10-6-4-7-11-15/h14H,2-13H2,1H3. The molecule has 1 aliphatic heterocycles. The monoisotopic (exact) mass is 276 g/mol. The third kappa shape index (κ3) is 7.34. The first-order valence-electron chi connectivity index (χ1n) is 7.34. The highest BCUT2D eigenvalue weighted by molar-refractivity contribution is 7.89. The molecule has 1 heterocycles. The summed E-state index contributed by atoms with van der Waals surface area (Å²) in [5.74, 6) is 0.273. The first kappa shape index (κ1) is 15.9. The highest BCUT2D eigenvalue weighted by atomic mass is 32.2. The van der Waals surface area contributed by atoms with Gasteiger partial charge in [-0.15, -0.1) is 0 Å². The van der Waals surface area contributed by atoms with Crippen LogP contribution >= 0.6 is 0 Å². The molecule has 0 aliphatic carbocycles. The largest absolute Gasteiger partial charge is 0.303 e. The van der Waals surface area contributed by atoms with Crippen LogP contribution in [0.5, 0.6) is 0 Å². The van der Waals surface area contributed by atoms with Crippen LogP contribution in [0.4, 0.5) is 0 Å². The minimum atomic E-state index is -3.01. The molecule has 0 unspecified atom stereocenters. The Hall–Kier alpha value is -0.130. The number of rotatable bonds is 9. The normalized spacial score (nSPS) is 18.1. The van der Waals surface area contributed by atoms with Crippen molar-refractivity contribution in [1.82, 2.24) is 9.62 Å². The van der Waals surface area contributed by atoms with E-state index < -0.39 is 10.0 Å². The van der Waals surface area contributed by atoms with Gasteiger partial charge in [0.1, 0.15) is 0 Å². The summed E-state index contributed by atoms with van der Waals surface area (Å²) in [4.78, 5) is 2.50. The number of hydrogen-bond acceptors (Lipinski definition) is 3. The van der Waals surface area contributed by atoms with Crippen LogP contribution < -0.4 is 4.72 Å². The molecular formula is C13H28N2O2S. The van der Waals surface area contributed by atoms with Crippen molar-refractivity contribution in [3.63, 3.8) is 0 Å². The molecule has 1 fully saturated rings. The van der Waals surface area contributed by atoms with Crippen molar-refractivity contribution in [2.75, 3.05) is 31.9 Å². The quantitative estimate of drug-likeness (QED) is 0.655. The molecule has 0 aromatic heterocycles. The minimum Gasteiger partial charge on any atom is -0.303 e. The molecule has 5 heteroatoms. The lowest BCUT2D eigenvalue weighted by atomic mass is 10.1. The van der Waals surface area contributed by atoms with Gasteiger partial charge in [-0.05, 0) is 51.7 Å². The van der Waals surface area contributed by atoms with E-state index in [0.29, 0.717) is 6.54 Å². The van der Waals surface area contributed by atoms with Gasteiger partial charge in [0, 0.05) is 6.54 Å². The van der Waals surface area contributed by atoms with Crippen molar-refractivity contribution >= 4 is 10.0 Å². The van der Waals surface area contributed by atoms with Gasteiger partial charge in [0.05, 0.1) is 5.75 Å². The number of nitrogens with zero attached hydrogens (tertiary/aromatic N) is 1. The van der Waals surface area contributed by atoms with Crippen molar-refractivity contribution in [3.05, 3.63) is 0 Å². The van der Waals surface area contributed by atoms with Gasteiger partial charge < -0.3 is 4.90 Å². The molecule has 1 rings (SSSR count). The topological polar surface area (TPSA) is 49.4 Å². The Morgan fingerprint density at radius 1 is 1.06 bits per heavy atom. The number of hydrogen-bond donors (Lipinski definition) is 1. The third-order valence-electron chi connectivity index (χ3n) is 3.44. The van der Waals surface area contributed by atoms with Crippen LogP contribution in [-0.2, 0) is 10.0 Å². The van der Waals surface area contributed by atoms with Gasteiger partial charge in [-0.3, -0.25) is 0 Å². The van der Waals surface area contributed by atoms with E-state index in [2.05, 4.69) is 9.62 Å². The number of sulfonamides is 1. The van der Waals surface area contributed by atoms with E-state index in [9.17, 15) is 8.42 Å².